The Morgan fingerprint density at radius 3 is 2.52 bits per heavy atom. The highest BCUT2D eigenvalue weighted by atomic mass is 35.5. The van der Waals surface area contributed by atoms with Crippen LogP contribution in [0.15, 0.2) is 47.3 Å². The van der Waals surface area contributed by atoms with Crippen molar-refractivity contribution in [2.75, 3.05) is 18.9 Å². The zero-order chi connectivity index (χ0) is 21.0. The number of nitrogens with one attached hydrogen (secondary N) is 1. The highest BCUT2D eigenvalue weighted by Crippen LogP contribution is 2.29. The summed E-state index contributed by atoms with van der Waals surface area (Å²) < 4.78 is 1.14. The normalized spacial score (nSPS) is 10.7. The number of para-hydroxylation sites is 1. The first-order valence-corrected chi connectivity index (χ1v) is 9.43. The summed E-state index contributed by atoms with van der Waals surface area (Å²) in [6.07, 6.45) is -0.0104. The number of aryl methyl sites for hydroxylation is 1. The molecule has 0 saturated heterocycles. The van der Waals surface area contributed by atoms with Crippen molar-refractivity contribution in [2.45, 2.75) is 13.0 Å². The molecule has 0 saturated carbocycles. The van der Waals surface area contributed by atoms with Crippen molar-refractivity contribution in [1.29, 1.82) is 0 Å². The lowest BCUT2D eigenvalue weighted by Crippen LogP contribution is -2.36. The summed E-state index contributed by atoms with van der Waals surface area (Å²) in [6.45, 7) is -0.142. The Balaban J connectivity index is 1.59. The summed E-state index contributed by atoms with van der Waals surface area (Å²) in [7, 11) is 1.49. The third-order valence-corrected chi connectivity index (χ3v) is 4.83. The Kier molecular flexibility index (Phi) is 6.46. The fourth-order valence-corrected chi connectivity index (χ4v) is 3.15. The maximum absolute atomic E-state index is 12.4. The topological polar surface area (TPSA) is 97.2 Å². The van der Waals surface area contributed by atoms with E-state index in [2.05, 4.69) is 15.6 Å². The molecular formula is C19H17Cl2N5O3. The van der Waals surface area contributed by atoms with Gasteiger partial charge in [0.2, 0.25) is 11.8 Å². The average molecular weight is 434 g/mol. The van der Waals surface area contributed by atoms with Gasteiger partial charge >= 0.3 is 0 Å². The number of hydrogen-bond acceptors (Lipinski definition) is 5. The highest BCUT2D eigenvalue weighted by molar-refractivity contribution is 6.39. The van der Waals surface area contributed by atoms with E-state index < -0.39 is 5.91 Å². The molecule has 3 rings (SSSR count). The van der Waals surface area contributed by atoms with Crippen LogP contribution in [-0.4, -0.2) is 45.3 Å². The number of carbonyl (C=O) groups excluding carboxylic acids is 2. The van der Waals surface area contributed by atoms with Gasteiger partial charge in [-0.05, 0) is 24.3 Å². The monoisotopic (exact) mass is 433 g/mol. The molecule has 0 fully saturated rings. The second-order valence-electron chi connectivity index (χ2n) is 6.28. The van der Waals surface area contributed by atoms with Gasteiger partial charge in [0, 0.05) is 13.5 Å². The van der Waals surface area contributed by atoms with Crippen molar-refractivity contribution >= 4 is 51.6 Å². The number of nitrogens with zero attached hydrogens (tertiary/aromatic N) is 4. The second kappa shape index (κ2) is 9.02. The lowest BCUT2D eigenvalue weighted by molar-refractivity contribution is -0.133. The van der Waals surface area contributed by atoms with Gasteiger partial charge in [0.1, 0.15) is 5.52 Å². The quantitative estimate of drug-likeness (QED) is 0.643. The van der Waals surface area contributed by atoms with Crippen LogP contribution in [-0.2, 0) is 16.1 Å². The number of aromatic nitrogens is 3. The first-order chi connectivity index (χ1) is 13.9. The van der Waals surface area contributed by atoms with Crippen LogP contribution in [0.2, 0.25) is 10.0 Å². The maximum Gasteiger partial charge on any atom is 0.277 e. The van der Waals surface area contributed by atoms with Gasteiger partial charge in [0.25, 0.3) is 5.56 Å². The van der Waals surface area contributed by atoms with Gasteiger partial charge in [-0.15, -0.1) is 5.10 Å². The fraction of sp³-hybridized carbons (Fsp3) is 0.211. The molecule has 0 unspecified atom stereocenters. The zero-order valence-electron chi connectivity index (χ0n) is 15.4. The molecule has 0 atom stereocenters. The highest BCUT2D eigenvalue weighted by Gasteiger charge is 2.16. The van der Waals surface area contributed by atoms with Gasteiger partial charge < -0.3 is 10.2 Å². The van der Waals surface area contributed by atoms with Gasteiger partial charge in [-0.1, -0.05) is 46.6 Å². The predicted octanol–water partition coefficient (Wildman–Crippen LogP) is 2.59. The molecule has 0 spiro atoms. The lowest BCUT2D eigenvalue weighted by Gasteiger charge is -2.17. The van der Waals surface area contributed by atoms with Gasteiger partial charge in [-0.3, -0.25) is 14.4 Å². The molecule has 0 aliphatic heterocycles. The molecule has 2 amide bonds. The van der Waals surface area contributed by atoms with E-state index in [0.29, 0.717) is 26.6 Å². The molecule has 1 aromatic heterocycles. The summed E-state index contributed by atoms with van der Waals surface area (Å²) >= 11 is 12.0. The number of hydrogen-bond donors (Lipinski definition) is 1. The van der Waals surface area contributed by atoms with E-state index in [1.54, 1.807) is 42.5 Å². The molecule has 150 valence electrons. The lowest BCUT2D eigenvalue weighted by atomic mass is 10.2. The molecule has 1 heterocycles. The summed E-state index contributed by atoms with van der Waals surface area (Å²) in [5.41, 5.74) is 0.462. The molecule has 1 N–H and O–H groups in total. The summed E-state index contributed by atoms with van der Waals surface area (Å²) in [5, 5.41) is 11.4. The number of carbonyl (C=O) groups is 2. The number of fused-ring (bicyclic) bond motifs is 1. The Morgan fingerprint density at radius 1 is 1.10 bits per heavy atom. The van der Waals surface area contributed by atoms with E-state index in [-0.39, 0.29) is 31.0 Å². The van der Waals surface area contributed by atoms with Crippen LogP contribution in [0, 0.1) is 0 Å². The third kappa shape index (κ3) is 4.90. The van der Waals surface area contributed by atoms with Gasteiger partial charge in [0.05, 0.1) is 34.2 Å². The smallest absolute Gasteiger partial charge is 0.277 e. The van der Waals surface area contributed by atoms with E-state index in [4.69, 9.17) is 23.2 Å². The zero-order valence-corrected chi connectivity index (χ0v) is 16.9. The molecule has 29 heavy (non-hydrogen) atoms. The van der Waals surface area contributed by atoms with Gasteiger partial charge in [-0.2, -0.15) is 0 Å². The van der Waals surface area contributed by atoms with Crippen molar-refractivity contribution in [2.24, 2.45) is 0 Å². The summed E-state index contributed by atoms with van der Waals surface area (Å²) in [5.74, 6) is -0.772. The number of anilines is 1. The molecule has 3 aromatic rings. The van der Waals surface area contributed by atoms with Crippen molar-refractivity contribution < 1.29 is 9.59 Å². The van der Waals surface area contributed by atoms with Crippen LogP contribution in [0.3, 0.4) is 0 Å². The fourth-order valence-electron chi connectivity index (χ4n) is 2.66. The summed E-state index contributed by atoms with van der Waals surface area (Å²) in [4.78, 5) is 38.2. The number of benzene rings is 2. The van der Waals surface area contributed by atoms with Crippen LogP contribution in [0.1, 0.15) is 6.42 Å². The largest absolute Gasteiger partial charge is 0.336 e. The molecule has 8 nitrogen and oxygen atoms in total. The molecule has 0 aliphatic rings. The first kappa shape index (κ1) is 20.8. The maximum atomic E-state index is 12.4. The Labute approximate surface area is 176 Å². The van der Waals surface area contributed by atoms with Crippen LogP contribution in [0.4, 0.5) is 5.69 Å². The number of halogens is 2. The standard InChI is InChI=1S/C19H17Cl2N5O3/c1-25(11-16(27)22-18-13(20)6-4-7-14(18)21)17(28)9-10-26-19(29)12-5-2-3-8-15(12)23-24-26/h2-8H,9-11H2,1H3,(H,22,27). The average Bonchev–Trinajstić information content (AvgIpc) is 2.70. The molecule has 10 heteroatoms. The second-order valence-corrected chi connectivity index (χ2v) is 7.09. The first-order valence-electron chi connectivity index (χ1n) is 8.67. The van der Waals surface area contributed by atoms with Crippen molar-refractivity contribution in [3.05, 3.63) is 62.9 Å². The van der Waals surface area contributed by atoms with E-state index in [1.165, 1.54) is 11.9 Å². The Hall–Kier alpha value is -2.97. The van der Waals surface area contributed by atoms with E-state index in [1.807, 2.05) is 0 Å². The molecule has 0 bridgehead atoms. The molecule has 0 aliphatic carbocycles. The minimum atomic E-state index is -0.446. The SMILES string of the molecule is CN(CC(=O)Nc1c(Cl)cccc1Cl)C(=O)CCn1nnc2ccccc2c1=O. The summed E-state index contributed by atoms with van der Waals surface area (Å²) in [6, 6.07) is 11.7. The number of rotatable bonds is 6. The minimum absolute atomic E-state index is 0.0104. The van der Waals surface area contributed by atoms with Crippen LogP contribution >= 0.6 is 23.2 Å². The molecule has 2 aromatic carbocycles. The number of amides is 2. The van der Waals surface area contributed by atoms with Crippen LogP contribution in [0.5, 0.6) is 0 Å². The predicted molar refractivity (Wildman–Crippen MR) is 111 cm³/mol. The van der Waals surface area contributed by atoms with Gasteiger partial charge in [-0.25, -0.2) is 4.68 Å². The van der Waals surface area contributed by atoms with Crippen LogP contribution in [0.25, 0.3) is 10.9 Å². The van der Waals surface area contributed by atoms with Gasteiger partial charge in [0.15, 0.2) is 0 Å². The van der Waals surface area contributed by atoms with E-state index in [9.17, 15) is 14.4 Å². The van der Waals surface area contributed by atoms with Crippen molar-refractivity contribution in [3.8, 4) is 0 Å². The number of likely N-dealkylation sites (N-methyl/N-ethyl adjacent to an activating group) is 1. The van der Waals surface area contributed by atoms with Crippen LogP contribution < -0.4 is 10.9 Å². The molecule has 0 radical (unpaired) electrons. The molecular weight excluding hydrogens is 417 g/mol. The van der Waals surface area contributed by atoms with E-state index in [0.717, 1.165) is 4.68 Å². The van der Waals surface area contributed by atoms with Crippen molar-refractivity contribution in [1.82, 2.24) is 19.9 Å². The Morgan fingerprint density at radius 2 is 1.79 bits per heavy atom. The van der Waals surface area contributed by atoms with Crippen molar-refractivity contribution in [3.63, 3.8) is 0 Å². The van der Waals surface area contributed by atoms with E-state index >= 15 is 0 Å². The third-order valence-electron chi connectivity index (χ3n) is 4.20. The minimum Gasteiger partial charge on any atom is -0.336 e. The Bertz CT molecular complexity index is 1110.